The first-order valence-electron chi connectivity index (χ1n) is 5.98. The van der Waals surface area contributed by atoms with Gasteiger partial charge in [-0.2, -0.15) is 0 Å². The summed E-state index contributed by atoms with van der Waals surface area (Å²) in [5.41, 5.74) is 0. The van der Waals surface area contributed by atoms with E-state index in [4.69, 9.17) is 9.47 Å². The van der Waals surface area contributed by atoms with Crippen LogP contribution < -0.4 is 10.6 Å². The molecular weight excluding hydrogens is 256 g/mol. The minimum Gasteiger partial charge on any atom is -0.426 e. The summed E-state index contributed by atoms with van der Waals surface area (Å²) in [4.78, 5) is 44.7. The van der Waals surface area contributed by atoms with Crippen molar-refractivity contribution in [2.45, 2.75) is 37.8 Å². The predicted octanol–water partition coefficient (Wildman–Crippen LogP) is -1.41. The molecule has 0 aliphatic carbocycles. The molecule has 2 N–H and O–H groups in total. The number of amides is 2. The van der Waals surface area contributed by atoms with Gasteiger partial charge >= 0.3 is 11.9 Å². The van der Waals surface area contributed by atoms with Gasteiger partial charge < -0.3 is 20.1 Å². The Bertz CT molecular complexity index is 383. The van der Waals surface area contributed by atoms with E-state index in [1.165, 1.54) is 0 Å². The number of carbonyl (C=O) groups is 4. The molecule has 8 nitrogen and oxygen atoms in total. The highest BCUT2D eigenvalue weighted by Gasteiger charge is 2.30. The number of esters is 2. The molecule has 2 rings (SSSR count). The van der Waals surface area contributed by atoms with E-state index < -0.39 is 30.8 Å². The van der Waals surface area contributed by atoms with E-state index in [2.05, 4.69) is 10.6 Å². The summed E-state index contributed by atoms with van der Waals surface area (Å²) >= 11 is 0. The summed E-state index contributed by atoms with van der Waals surface area (Å²) in [7, 11) is 0. The zero-order valence-corrected chi connectivity index (χ0v) is 10.1. The Morgan fingerprint density at radius 3 is 1.68 bits per heavy atom. The first-order valence-corrected chi connectivity index (χ1v) is 5.98. The van der Waals surface area contributed by atoms with Crippen LogP contribution >= 0.6 is 0 Å². The fraction of sp³-hybridized carbons (Fsp3) is 0.636. The van der Waals surface area contributed by atoms with Crippen LogP contribution in [0.25, 0.3) is 0 Å². The minimum atomic E-state index is -0.669. The normalized spacial score (nSPS) is 25.7. The Balaban J connectivity index is 1.66. The molecule has 2 atom stereocenters. The molecule has 2 aliphatic heterocycles. The SMILES string of the molecule is O=C1CC[C@@H](C(=O)OCOC(=O)[C@@H]2CCC(=O)N2)N1. The molecule has 2 aliphatic rings. The molecule has 0 saturated carbocycles. The van der Waals surface area contributed by atoms with E-state index in [1.807, 2.05) is 0 Å². The second-order valence-corrected chi connectivity index (χ2v) is 4.36. The molecule has 2 fully saturated rings. The van der Waals surface area contributed by atoms with Crippen LogP contribution in [0.3, 0.4) is 0 Å². The van der Waals surface area contributed by atoms with Gasteiger partial charge in [0.1, 0.15) is 12.1 Å². The molecule has 2 saturated heterocycles. The number of rotatable bonds is 4. The average molecular weight is 270 g/mol. The molecule has 0 aromatic rings. The lowest BCUT2D eigenvalue weighted by atomic mass is 10.2. The summed E-state index contributed by atoms with van der Waals surface area (Å²) in [6, 6.07) is -1.34. The zero-order valence-electron chi connectivity index (χ0n) is 10.1. The van der Waals surface area contributed by atoms with E-state index >= 15 is 0 Å². The first-order chi connectivity index (χ1) is 9.06. The quantitative estimate of drug-likeness (QED) is 0.479. The van der Waals surface area contributed by atoms with Crippen LogP contribution in [0.1, 0.15) is 25.7 Å². The summed E-state index contributed by atoms with van der Waals surface area (Å²) in [6.45, 7) is -0.517. The van der Waals surface area contributed by atoms with Crippen molar-refractivity contribution in [3.63, 3.8) is 0 Å². The van der Waals surface area contributed by atoms with E-state index in [-0.39, 0.29) is 24.7 Å². The van der Waals surface area contributed by atoms with Crippen molar-refractivity contribution in [2.75, 3.05) is 6.79 Å². The Morgan fingerprint density at radius 1 is 0.947 bits per heavy atom. The van der Waals surface area contributed by atoms with Gasteiger partial charge in [0.2, 0.25) is 18.6 Å². The molecular formula is C11H14N2O6. The van der Waals surface area contributed by atoms with Crippen LogP contribution in [0.5, 0.6) is 0 Å². The van der Waals surface area contributed by atoms with Crippen LogP contribution in [0.4, 0.5) is 0 Å². The Morgan fingerprint density at radius 2 is 1.37 bits per heavy atom. The second-order valence-electron chi connectivity index (χ2n) is 4.36. The summed E-state index contributed by atoms with van der Waals surface area (Å²) in [5, 5.41) is 4.88. The van der Waals surface area contributed by atoms with Crippen LogP contribution in [0.2, 0.25) is 0 Å². The van der Waals surface area contributed by atoms with Crippen molar-refractivity contribution >= 4 is 23.8 Å². The highest BCUT2D eigenvalue weighted by atomic mass is 16.7. The molecule has 19 heavy (non-hydrogen) atoms. The van der Waals surface area contributed by atoms with E-state index in [0.29, 0.717) is 12.8 Å². The number of ether oxygens (including phenoxy) is 2. The van der Waals surface area contributed by atoms with E-state index in [0.717, 1.165) is 0 Å². The van der Waals surface area contributed by atoms with Crippen molar-refractivity contribution in [2.24, 2.45) is 0 Å². The molecule has 0 unspecified atom stereocenters. The summed E-state index contributed by atoms with van der Waals surface area (Å²) in [5.74, 6) is -1.66. The van der Waals surface area contributed by atoms with Crippen molar-refractivity contribution < 1.29 is 28.7 Å². The maximum Gasteiger partial charge on any atom is 0.331 e. The standard InChI is InChI=1S/C11H14N2O6/c14-8-3-1-6(12-8)10(16)18-5-19-11(17)7-2-4-9(15)13-7/h6-7H,1-5H2,(H,12,14)(H,13,15)/t6-,7-/m0/s1. The fourth-order valence-electron chi connectivity index (χ4n) is 1.93. The zero-order chi connectivity index (χ0) is 13.8. The highest BCUT2D eigenvalue weighted by Crippen LogP contribution is 2.09. The lowest BCUT2D eigenvalue weighted by molar-refractivity contribution is -0.170. The Kier molecular flexibility index (Phi) is 3.98. The number of hydrogen-bond donors (Lipinski definition) is 2. The van der Waals surface area contributed by atoms with E-state index in [1.54, 1.807) is 0 Å². The maximum atomic E-state index is 11.4. The third-order valence-corrected chi connectivity index (χ3v) is 2.96. The Labute approximate surface area is 108 Å². The van der Waals surface area contributed by atoms with Crippen LogP contribution in [0.15, 0.2) is 0 Å². The van der Waals surface area contributed by atoms with Crippen LogP contribution in [-0.2, 0) is 28.7 Å². The van der Waals surface area contributed by atoms with Crippen LogP contribution in [-0.4, -0.2) is 42.6 Å². The number of nitrogens with one attached hydrogen (secondary N) is 2. The van der Waals surface area contributed by atoms with Crippen molar-refractivity contribution in [3.8, 4) is 0 Å². The van der Waals surface area contributed by atoms with E-state index in [9.17, 15) is 19.2 Å². The molecule has 0 bridgehead atoms. The Hall–Kier alpha value is -2.12. The molecule has 0 radical (unpaired) electrons. The predicted molar refractivity (Wildman–Crippen MR) is 59.4 cm³/mol. The molecule has 2 amide bonds. The third kappa shape index (κ3) is 3.43. The molecule has 0 aromatic carbocycles. The van der Waals surface area contributed by atoms with Crippen molar-refractivity contribution in [1.82, 2.24) is 10.6 Å². The van der Waals surface area contributed by atoms with Gasteiger partial charge in [0, 0.05) is 12.8 Å². The lowest BCUT2D eigenvalue weighted by Gasteiger charge is -2.12. The molecule has 0 aromatic heterocycles. The minimum absolute atomic E-state index is 0.201. The largest absolute Gasteiger partial charge is 0.426 e. The van der Waals surface area contributed by atoms with Gasteiger partial charge in [-0.15, -0.1) is 0 Å². The topological polar surface area (TPSA) is 111 Å². The van der Waals surface area contributed by atoms with Gasteiger partial charge in [-0.3, -0.25) is 9.59 Å². The highest BCUT2D eigenvalue weighted by molar-refractivity contribution is 5.89. The summed E-state index contributed by atoms with van der Waals surface area (Å²) in [6.07, 6.45) is 1.33. The number of hydrogen-bond acceptors (Lipinski definition) is 6. The van der Waals surface area contributed by atoms with Gasteiger partial charge in [-0.1, -0.05) is 0 Å². The van der Waals surface area contributed by atoms with Gasteiger partial charge in [0.05, 0.1) is 0 Å². The van der Waals surface area contributed by atoms with Gasteiger partial charge in [-0.25, -0.2) is 9.59 Å². The number of carbonyl (C=O) groups excluding carboxylic acids is 4. The van der Waals surface area contributed by atoms with Gasteiger partial charge in [-0.05, 0) is 12.8 Å². The fourth-order valence-corrected chi connectivity index (χ4v) is 1.93. The second kappa shape index (κ2) is 5.68. The smallest absolute Gasteiger partial charge is 0.331 e. The molecule has 8 heteroatoms. The molecule has 2 heterocycles. The first kappa shape index (κ1) is 13.3. The molecule has 104 valence electrons. The lowest BCUT2D eigenvalue weighted by Crippen LogP contribution is -2.37. The van der Waals surface area contributed by atoms with Gasteiger partial charge in [0.15, 0.2) is 0 Å². The van der Waals surface area contributed by atoms with Gasteiger partial charge in [0.25, 0.3) is 0 Å². The maximum absolute atomic E-state index is 11.4. The van der Waals surface area contributed by atoms with Crippen molar-refractivity contribution in [3.05, 3.63) is 0 Å². The van der Waals surface area contributed by atoms with Crippen LogP contribution in [0, 0.1) is 0 Å². The summed E-state index contributed by atoms with van der Waals surface area (Å²) < 4.78 is 9.44. The van der Waals surface area contributed by atoms with Crippen molar-refractivity contribution in [1.29, 1.82) is 0 Å². The molecule has 0 spiro atoms. The average Bonchev–Trinajstić information content (AvgIpc) is 2.98. The monoisotopic (exact) mass is 270 g/mol. The third-order valence-electron chi connectivity index (χ3n) is 2.96.